The first-order chi connectivity index (χ1) is 14.4. The van der Waals surface area contributed by atoms with Crippen LogP contribution in [0.4, 0.5) is 19.1 Å². The summed E-state index contributed by atoms with van der Waals surface area (Å²) < 4.78 is 45.5. The Balaban J connectivity index is 1.67. The fourth-order valence-corrected chi connectivity index (χ4v) is 4.25. The van der Waals surface area contributed by atoms with Crippen LogP contribution in [0.5, 0.6) is 0 Å². The highest BCUT2D eigenvalue weighted by Crippen LogP contribution is 2.29. The van der Waals surface area contributed by atoms with Crippen LogP contribution in [0.3, 0.4) is 0 Å². The van der Waals surface area contributed by atoms with Gasteiger partial charge >= 0.3 is 0 Å². The molecular formula is C21H21F3N6. The van der Waals surface area contributed by atoms with Gasteiger partial charge < -0.3 is 15.2 Å². The highest BCUT2D eigenvalue weighted by Gasteiger charge is 2.29. The van der Waals surface area contributed by atoms with Crippen LogP contribution in [0.15, 0.2) is 36.5 Å². The molecule has 0 radical (unpaired) electrons. The summed E-state index contributed by atoms with van der Waals surface area (Å²) in [5.41, 5.74) is 8.67. The van der Waals surface area contributed by atoms with Crippen molar-refractivity contribution in [2.24, 2.45) is 12.8 Å². The van der Waals surface area contributed by atoms with E-state index in [1.807, 2.05) is 34.7 Å². The smallest absolute Gasteiger partial charge is 0.206 e. The summed E-state index contributed by atoms with van der Waals surface area (Å²) in [4.78, 5) is 6.45. The highest BCUT2D eigenvalue weighted by molar-refractivity contribution is 5.83. The molecule has 1 fully saturated rings. The van der Waals surface area contributed by atoms with Crippen molar-refractivity contribution in [3.63, 3.8) is 0 Å². The van der Waals surface area contributed by atoms with Crippen LogP contribution >= 0.6 is 0 Å². The number of aryl methyl sites for hydroxylation is 1. The summed E-state index contributed by atoms with van der Waals surface area (Å²) >= 11 is 0. The molecule has 2 unspecified atom stereocenters. The van der Waals surface area contributed by atoms with Gasteiger partial charge in [0.15, 0.2) is 11.6 Å². The van der Waals surface area contributed by atoms with Crippen molar-refractivity contribution in [2.45, 2.75) is 25.2 Å². The van der Waals surface area contributed by atoms with E-state index < -0.39 is 23.8 Å². The van der Waals surface area contributed by atoms with E-state index in [9.17, 15) is 13.2 Å². The standard InChI is InChI=1S/C21H21F3N6/c1-28-20-12(9-26-28)3-2-4-13(20)10-30-19-8-16(24)15(23)7-18(19)27-21(30)29-6-5-14(22)17(25)11-29/h2-4,7-9,14,17H,5-6,10-11,25H2,1H3. The second kappa shape index (κ2) is 7.02. The van der Waals surface area contributed by atoms with E-state index in [1.165, 1.54) is 0 Å². The van der Waals surface area contributed by atoms with Crippen LogP contribution < -0.4 is 10.6 Å². The quantitative estimate of drug-likeness (QED) is 0.560. The van der Waals surface area contributed by atoms with Crippen molar-refractivity contribution in [3.8, 4) is 0 Å². The Bertz CT molecular complexity index is 1250. The van der Waals surface area contributed by atoms with Gasteiger partial charge in [-0.3, -0.25) is 4.68 Å². The Morgan fingerprint density at radius 1 is 1.20 bits per heavy atom. The Hall–Kier alpha value is -3.07. The Morgan fingerprint density at radius 3 is 2.80 bits per heavy atom. The topological polar surface area (TPSA) is 64.9 Å². The Morgan fingerprint density at radius 2 is 2.00 bits per heavy atom. The van der Waals surface area contributed by atoms with Gasteiger partial charge in [0.05, 0.1) is 35.3 Å². The molecule has 3 heterocycles. The van der Waals surface area contributed by atoms with Crippen molar-refractivity contribution in [1.82, 2.24) is 19.3 Å². The van der Waals surface area contributed by atoms with Gasteiger partial charge in [-0.1, -0.05) is 18.2 Å². The fraction of sp³-hybridized carbons (Fsp3) is 0.333. The molecule has 30 heavy (non-hydrogen) atoms. The molecule has 5 rings (SSSR count). The number of hydrogen-bond acceptors (Lipinski definition) is 4. The van der Waals surface area contributed by atoms with E-state index >= 15 is 0 Å². The number of anilines is 1. The molecule has 0 saturated carbocycles. The zero-order valence-electron chi connectivity index (χ0n) is 16.4. The number of piperidine rings is 1. The number of nitrogens with two attached hydrogens (primary N) is 1. The third kappa shape index (κ3) is 3.00. The van der Waals surface area contributed by atoms with Crippen molar-refractivity contribution in [1.29, 1.82) is 0 Å². The minimum absolute atomic E-state index is 0.282. The SMILES string of the molecule is Cn1ncc2cccc(Cn3c(N4CCC(F)C(N)C4)nc4cc(F)c(F)cc43)c21. The number of fused-ring (bicyclic) bond motifs is 2. The average molecular weight is 414 g/mol. The number of para-hydroxylation sites is 1. The number of imidazole rings is 1. The molecule has 2 aromatic carbocycles. The van der Waals surface area contributed by atoms with Gasteiger partial charge in [-0.15, -0.1) is 0 Å². The Labute approximate surface area is 170 Å². The largest absolute Gasteiger partial charge is 0.340 e. The third-order valence-corrected chi connectivity index (χ3v) is 5.80. The second-order valence-electron chi connectivity index (χ2n) is 7.79. The summed E-state index contributed by atoms with van der Waals surface area (Å²) in [7, 11) is 1.86. The first-order valence-electron chi connectivity index (χ1n) is 9.82. The molecule has 1 aliphatic heterocycles. The third-order valence-electron chi connectivity index (χ3n) is 5.80. The first kappa shape index (κ1) is 18.9. The molecule has 0 spiro atoms. The van der Waals surface area contributed by atoms with Crippen LogP contribution in [0.1, 0.15) is 12.0 Å². The summed E-state index contributed by atoms with van der Waals surface area (Å²) in [6, 6.07) is 7.49. The highest BCUT2D eigenvalue weighted by atomic mass is 19.2. The normalized spacial score (nSPS) is 19.8. The van der Waals surface area contributed by atoms with Crippen molar-refractivity contribution >= 4 is 27.9 Å². The van der Waals surface area contributed by atoms with Gasteiger partial charge in [0, 0.05) is 37.7 Å². The lowest BCUT2D eigenvalue weighted by atomic mass is 10.1. The number of alkyl halides is 1. The maximum Gasteiger partial charge on any atom is 0.206 e. The van der Waals surface area contributed by atoms with E-state index in [0.29, 0.717) is 30.1 Å². The molecule has 0 bridgehead atoms. The van der Waals surface area contributed by atoms with Crippen molar-refractivity contribution in [3.05, 3.63) is 53.7 Å². The predicted molar refractivity (Wildman–Crippen MR) is 109 cm³/mol. The first-order valence-corrected chi connectivity index (χ1v) is 9.82. The molecule has 9 heteroatoms. The second-order valence-corrected chi connectivity index (χ2v) is 7.79. The number of aromatic nitrogens is 4. The van der Waals surface area contributed by atoms with Gasteiger partial charge in [0.1, 0.15) is 6.17 Å². The number of halogens is 3. The average Bonchev–Trinajstić information content (AvgIpc) is 3.26. The maximum atomic E-state index is 14.1. The number of nitrogens with zero attached hydrogens (tertiary/aromatic N) is 5. The minimum Gasteiger partial charge on any atom is -0.340 e. The van der Waals surface area contributed by atoms with E-state index in [-0.39, 0.29) is 13.0 Å². The van der Waals surface area contributed by atoms with Crippen LogP contribution in [0.25, 0.3) is 21.9 Å². The number of benzene rings is 2. The number of hydrogen-bond donors (Lipinski definition) is 1. The van der Waals surface area contributed by atoms with E-state index in [2.05, 4.69) is 10.1 Å². The zero-order chi connectivity index (χ0) is 21.0. The molecule has 0 amide bonds. The molecule has 156 valence electrons. The van der Waals surface area contributed by atoms with Gasteiger partial charge in [-0.05, 0) is 12.0 Å². The van der Waals surface area contributed by atoms with E-state index in [4.69, 9.17) is 5.73 Å². The molecule has 2 N–H and O–H groups in total. The molecule has 1 aliphatic rings. The van der Waals surface area contributed by atoms with Crippen molar-refractivity contribution < 1.29 is 13.2 Å². The maximum absolute atomic E-state index is 14.1. The minimum atomic E-state index is -1.07. The van der Waals surface area contributed by atoms with E-state index in [1.54, 1.807) is 10.9 Å². The van der Waals surface area contributed by atoms with Gasteiger partial charge in [-0.25, -0.2) is 18.2 Å². The molecule has 4 aromatic rings. The Kier molecular flexibility index (Phi) is 4.43. The molecule has 6 nitrogen and oxygen atoms in total. The van der Waals surface area contributed by atoms with Gasteiger partial charge in [-0.2, -0.15) is 5.10 Å². The lowest BCUT2D eigenvalue weighted by Crippen LogP contribution is -2.50. The summed E-state index contributed by atoms with van der Waals surface area (Å²) in [5, 5.41) is 5.30. The monoisotopic (exact) mass is 414 g/mol. The number of rotatable bonds is 3. The van der Waals surface area contributed by atoms with Crippen LogP contribution in [-0.2, 0) is 13.6 Å². The molecule has 0 aliphatic carbocycles. The summed E-state index contributed by atoms with van der Waals surface area (Å²) in [6.07, 6.45) is 0.994. The van der Waals surface area contributed by atoms with Crippen LogP contribution in [0.2, 0.25) is 0 Å². The van der Waals surface area contributed by atoms with Crippen molar-refractivity contribution in [2.75, 3.05) is 18.0 Å². The lowest BCUT2D eigenvalue weighted by molar-refractivity contribution is 0.243. The van der Waals surface area contributed by atoms with Crippen LogP contribution in [0, 0.1) is 11.6 Å². The summed E-state index contributed by atoms with van der Waals surface area (Å²) in [5.74, 6) is -1.36. The molecule has 2 aromatic heterocycles. The lowest BCUT2D eigenvalue weighted by Gasteiger charge is -2.34. The fourth-order valence-electron chi connectivity index (χ4n) is 4.25. The molecular weight excluding hydrogens is 393 g/mol. The summed E-state index contributed by atoms with van der Waals surface area (Å²) in [6.45, 7) is 1.09. The molecule has 1 saturated heterocycles. The van der Waals surface area contributed by atoms with Crippen LogP contribution in [-0.4, -0.2) is 44.6 Å². The predicted octanol–water partition coefficient (Wildman–Crippen LogP) is 3.13. The zero-order valence-corrected chi connectivity index (χ0v) is 16.4. The van der Waals surface area contributed by atoms with Gasteiger partial charge in [0.2, 0.25) is 5.95 Å². The van der Waals surface area contributed by atoms with Gasteiger partial charge in [0.25, 0.3) is 0 Å². The molecule has 2 atom stereocenters. The van der Waals surface area contributed by atoms with E-state index in [0.717, 1.165) is 28.6 Å².